The van der Waals surface area contributed by atoms with Crippen LogP contribution in [0.1, 0.15) is 51.5 Å². The van der Waals surface area contributed by atoms with Gasteiger partial charge in [-0.15, -0.1) is 24.6 Å². The van der Waals surface area contributed by atoms with Gasteiger partial charge < -0.3 is 10.6 Å². The van der Waals surface area contributed by atoms with E-state index in [0.29, 0.717) is 0 Å². The lowest BCUT2D eigenvalue weighted by Gasteiger charge is -2.16. The molecule has 154 valence electrons. The van der Waals surface area contributed by atoms with Gasteiger partial charge in [-0.25, -0.2) is 0 Å². The highest BCUT2D eigenvalue weighted by Gasteiger charge is 2.04. The lowest BCUT2D eigenvalue weighted by atomic mass is 10.0. The summed E-state index contributed by atoms with van der Waals surface area (Å²) in [5.41, 5.74) is 4.09. The molecular formula is C24H36N2OS. The largest absolute Gasteiger partial charge is 0.388 e. The van der Waals surface area contributed by atoms with Crippen LogP contribution in [0.15, 0.2) is 52.6 Å². The first kappa shape index (κ1) is 25.9. The van der Waals surface area contributed by atoms with Crippen molar-refractivity contribution < 1.29 is 4.79 Å². The fourth-order valence-corrected chi connectivity index (χ4v) is 3.02. The van der Waals surface area contributed by atoms with Gasteiger partial charge in [0.15, 0.2) is 0 Å². The lowest BCUT2D eigenvalue weighted by Crippen LogP contribution is -2.20. The van der Waals surface area contributed by atoms with Crippen LogP contribution in [-0.2, 0) is 4.79 Å². The first-order valence-electron chi connectivity index (χ1n) is 9.81. The summed E-state index contributed by atoms with van der Waals surface area (Å²) in [6, 6.07) is 8.54. The number of hydrogen-bond acceptors (Lipinski definition) is 3. The van der Waals surface area contributed by atoms with Crippen LogP contribution in [0.25, 0.3) is 0 Å². The normalized spacial score (nSPS) is 12.9. The summed E-state index contributed by atoms with van der Waals surface area (Å²) in [6.45, 7) is 7.72. The SMILES string of the molecule is C#C.CC(=O)NCCCC/C=C\C1=C(C)NCCC1.CSc1ccc(C)cc1. The zero-order chi connectivity index (χ0) is 21.2. The van der Waals surface area contributed by atoms with Gasteiger partial charge in [0.05, 0.1) is 0 Å². The molecule has 0 aliphatic carbocycles. The Hall–Kier alpha value is -2.12. The molecule has 0 spiro atoms. The monoisotopic (exact) mass is 400 g/mol. The first-order chi connectivity index (χ1) is 13.5. The number of thioether (sulfide) groups is 1. The topological polar surface area (TPSA) is 41.1 Å². The van der Waals surface area contributed by atoms with E-state index in [1.807, 2.05) is 0 Å². The zero-order valence-corrected chi connectivity index (χ0v) is 18.7. The minimum absolute atomic E-state index is 0.0644. The van der Waals surface area contributed by atoms with Gasteiger partial charge in [-0.2, -0.15) is 0 Å². The highest BCUT2D eigenvalue weighted by Crippen LogP contribution is 2.16. The second-order valence-corrected chi connectivity index (χ2v) is 7.46. The fourth-order valence-electron chi connectivity index (χ4n) is 2.62. The molecule has 0 radical (unpaired) electrons. The van der Waals surface area contributed by atoms with Crippen molar-refractivity contribution in [1.82, 2.24) is 10.6 Å². The number of terminal acetylenes is 1. The molecule has 1 aliphatic rings. The van der Waals surface area contributed by atoms with Crippen LogP contribution in [0, 0.1) is 19.8 Å². The predicted molar refractivity (Wildman–Crippen MR) is 124 cm³/mol. The standard InChI is InChI=1S/C14H24N2O.C8H10S.C2H2/c1-12-14(9-7-11-15-12)8-5-3-4-6-10-16-13(2)17;1-7-3-5-8(9-2)6-4-7;1-2/h5,8,15H,3-4,6-7,9-11H2,1-2H3,(H,16,17);3-6H,1-2H3;1-2H/b8-5-;;. The van der Waals surface area contributed by atoms with Crippen molar-refractivity contribution in [2.24, 2.45) is 0 Å². The second kappa shape index (κ2) is 17.0. The van der Waals surface area contributed by atoms with Crippen molar-refractivity contribution in [3.8, 4) is 12.8 Å². The van der Waals surface area contributed by atoms with Crippen molar-refractivity contribution in [2.75, 3.05) is 19.3 Å². The van der Waals surface area contributed by atoms with Gasteiger partial charge >= 0.3 is 0 Å². The number of carbonyl (C=O) groups excluding carboxylic acids is 1. The van der Waals surface area contributed by atoms with E-state index in [1.54, 1.807) is 18.7 Å². The summed E-state index contributed by atoms with van der Waals surface area (Å²) in [7, 11) is 0. The third-order valence-electron chi connectivity index (χ3n) is 4.24. The van der Waals surface area contributed by atoms with Crippen molar-refractivity contribution in [1.29, 1.82) is 0 Å². The smallest absolute Gasteiger partial charge is 0.216 e. The molecule has 1 aromatic carbocycles. The molecule has 1 aliphatic heterocycles. The number of benzene rings is 1. The van der Waals surface area contributed by atoms with E-state index >= 15 is 0 Å². The van der Waals surface area contributed by atoms with E-state index in [-0.39, 0.29) is 5.91 Å². The molecule has 1 amide bonds. The number of aryl methyl sites for hydroxylation is 1. The van der Waals surface area contributed by atoms with Gasteiger partial charge in [-0.05, 0) is 69.9 Å². The molecule has 1 aromatic rings. The van der Waals surface area contributed by atoms with Gasteiger partial charge in [-0.3, -0.25) is 4.79 Å². The maximum absolute atomic E-state index is 10.6. The van der Waals surface area contributed by atoms with Crippen molar-refractivity contribution in [2.45, 2.75) is 57.8 Å². The van der Waals surface area contributed by atoms with Gasteiger partial charge in [0, 0.05) is 30.6 Å². The third kappa shape index (κ3) is 13.1. The van der Waals surface area contributed by atoms with E-state index in [1.165, 1.54) is 34.6 Å². The van der Waals surface area contributed by atoms with Crippen LogP contribution in [-0.4, -0.2) is 25.3 Å². The van der Waals surface area contributed by atoms with Gasteiger partial charge in [-0.1, -0.05) is 29.8 Å². The Morgan fingerprint density at radius 3 is 2.46 bits per heavy atom. The maximum atomic E-state index is 10.6. The van der Waals surface area contributed by atoms with E-state index in [4.69, 9.17) is 0 Å². The molecule has 4 heteroatoms. The second-order valence-electron chi connectivity index (χ2n) is 6.58. The molecule has 0 saturated heterocycles. The van der Waals surface area contributed by atoms with Crippen LogP contribution in [0.4, 0.5) is 0 Å². The Morgan fingerprint density at radius 2 is 1.89 bits per heavy atom. The number of amides is 1. The van der Waals surface area contributed by atoms with E-state index < -0.39 is 0 Å². The van der Waals surface area contributed by atoms with Crippen molar-refractivity contribution in [3.05, 3.63) is 53.3 Å². The minimum atomic E-state index is 0.0644. The molecule has 1 heterocycles. The summed E-state index contributed by atoms with van der Waals surface area (Å²) >= 11 is 1.78. The van der Waals surface area contributed by atoms with Gasteiger partial charge in [0.25, 0.3) is 0 Å². The number of unbranched alkanes of at least 4 members (excludes halogenated alkanes) is 2. The molecule has 2 rings (SSSR count). The van der Waals surface area contributed by atoms with E-state index in [9.17, 15) is 4.79 Å². The highest BCUT2D eigenvalue weighted by molar-refractivity contribution is 7.98. The molecule has 0 fully saturated rings. The van der Waals surface area contributed by atoms with Crippen LogP contribution >= 0.6 is 11.8 Å². The van der Waals surface area contributed by atoms with E-state index in [2.05, 4.69) is 80.0 Å². The Kier molecular flexibility index (Phi) is 15.7. The van der Waals surface area contributed by atoms with Crippen molar-refractivity contribution >= 4 is 17.7 Å². The quantitative estimate of drug-likeness (QED) is 0.362. The van der Waals surface area contributed by atoms with Crippen molar-refractivity contribution in [3.63, 3.8) is 0 Å². The number of allylic oxidation sites excluding steroid dienone is 4. The predicted octanol–water partition coefficient (Wildman–Crippen LogP) is 5.47. The minimum Gasteiger partial charge on any atom is -0.388 e. The number of carbonyl (C=O) groups is 1. The lowest BCUT2D eigenvalue weighted by molar-refractivity contribution is -0.118. The van der Waals surface area contributed by atoms with Crippen LogP contribution in [0.2, 0.25) is 0 Å². The van der Waals surface area contributed by atoms with Crippen LogP contribution in [0.3, 0.4) is 0 Å². The maximum Gasteiger partial charge on any atom is 0.216 e. The summed E-state index contributed by atoms with van der Waals surface area (Å²) in [4.78, 5) is 12.0. The average molecular weight is 401 g/mol. The molecule has 0 saturated carbocycles. The molecule has 0 bridgehead atoms. The molecule has 0 unspecified atom stereocenters. The molecule has 2 N–H and O–H groups in total. The van der Waals surface area contributed by atoms with E-state index in [0.717, 1.165) is 32.4 Å². The summed E-state index contributed by atoms with van der Waals surface area (Å²) in [5.74, 6) is 0.0644. The average Bonchev–Trinajstić information content (AvgIpc) is 2.71. The van der Waals surface area contributed by atoms with Crippen LogP contribution in [0.5, 0.6) is 0 Å². The number of hydrogen-bond donors (Lipinski definition) is 2. The first-order valence-corrected chi connectivity index (χ1v) is 11.0. The molecule has 3 nitrogen and oxygen atoms in total. The Bertz CT molecular complexity index is 630. The summed E-state index contributed by atoms with van der Waals surface area (Å²) < 4.78 is 0. The summed E-state index contributed by atoms with van der Waals surface area (Å²) in [6.07, 6.45) is 20.3. The van der Waals surface area contributed by atoms with Gasteiger partial charge in [0.1, 0.15) is 0 Å². The Labute approximate surface area is 176 Å². The third-order valence-corrected chi connectivity index (χ3v) is 4.99. The fraction of sp³-hybridized carbons (Fsp3) is 0.458. The highest BCUT2D eigenvalue weighted by atomic mass is 32.2. The van der Waals surface area contributed by atoms with Gasteiger partial charge in [0.2, 0.25) is 5.91 Å². The number of nitrogens with one attached hydrogen (secondary N) is 2. The Morgan fingerprint density at radius 1 is 1.21 bits per heavy atom. The molecular weight excluding hydrogens is 364 g/mol. The van der Waals surface area contributed by atoms with Crippen LogP contribution < -0.4 is 10.6 Å². The number of rotatable bonds is 7. The zero-order valence-electron chi connectivity index (χ0n) is 17.9. The Balaban J connectivity index is 0.000000556. The molecule has 0 atom stereocenters. The molecule has 0 aromatic heterocycles. The molecule has 28 heavy (non-hydrogen) atoms. The summed E-state index contributed by atoms with van der Waals surface area (Å²) in [5, 5.41) is 6.20.